The maximum absolute atomic E-state index is 12.9. The van der Waals surface area contributed by atoms with Crippen molar-refractivity contribution in [3.05, 3.63) is 35.9 Å². The molecule has 1 unspecified atom stereocenters. The van der Waals surface area contributed by atoms with Crippen LogP contribution in [0.1, 0.15) is 67.9 Å². The number of aliphatic hydroxyl groups excluding tert-OH is 1. The third-order valence-corrected chi connectivity index (χ3v) is 7.86. The second kappa shape index (κ2) is 23.8. The molecule has 55 heavy (non-hydrogen) atoms. The van der Waals surface area contributed by atoms with Gasteiger partial charge >= 0.3 is 23.9 Å². The van der Waals surface area contributed by atoms with Gasteiger partial charge in [0.15, 0.2) is 0 Å². The minimum absolute atomic E-state index is 0.0428. The van der Waals surface area contributed by atoms with Gasteiger partial charge in [-0.3, -0.25) is 34.0 Å². The Morgan fingerprint density at radius 2 is 0.964 bits per heavy atom. The molecule has 1 aromatic carbocycles. The number of carbonyl (C=O) groups is 4. The number of esters is 4. The number of nitrogens with zero attached hydrogens (tertiary/aromatic N) is 4. The van der Waals surface area contributed by atoms with Gasteiger partial charge in [-0.25, -0.2) is 4.79 Å². The van der Waals surface area contributed by atoms with E-state index < -0.39 is 28.9 Å². The summed E-state index contributed by atoms with van der Waals surface area (Å²) in [7, 11) is 0. The highest BCUT2D eigenvalue weighted by molar-refractivity contribution is 5.73. The monoisotopic (exact) mass is 780 g/mol. The van der Waals surface area contributed by atoms with Crippen LogP contribution in [0.25, 0.3) is 0 Å². The topological polar surface area (TPSA) is 157 Å². The number of hydrogen-bond donors (Lipinski definition) is 1. The zero-order chi connectivity index (χ0) is 41.1. The van der Waals surface area contributed by atoms with Crippen LogP contribution in [0.5, 0.6) is 0 Å². The molecule has 1 aliphatic heterocycles. The van der Waals surface area contributed by atoms with Crippen LogP contribution in [0.4, 0.5) is 0 Å². The van der Waals surface area contributed by atoms with Crippen LogP contribution in [-0.2, 0) is 54.2 Å². The van der Waals surface area contributed by atoms with Crippen molar-refractivity contribution in [1.29, 1.82) is 0 Å². The maximum atomic E-state index is 12.9. The van der Waals surface area contributed by atoms with Crippen molar-refractivity contribution in [2.45, 2.75) is 91.8 Å². The fourth-order valence-corrected chi connectivity index (χ4v) is 5.53. The number of β-amino-alcohol motifs (C(OH)–C–C–N with tert-alkyl or cyclic N) is 1. The van der Waals surface area contributed by atoms with E-state index in [1.807, 2.05) is 107 Å². The molecule has 0 radical (unpaired) electrons. The zero-order valence-corrected chi connectivity index (χ0v) is 34.8. The maximum Gasteiger partial charge on any atom is 0.332 e. The van der Waals surface area contributed by atoms with Gasteiger partial charge in [-0.1, -0.05) is 30.3 Å². The van der Waals surface area contributed by atoms with Crippen LogP contribution in [0.2, 0.25) is 0 Å². The number of ether oxygens (including phenoxy) is 6. The Kier molecular flexibility index (Phi) is 20.7. The molecule has 0 aliphatic carbocycles. The Hall–Kier alpha value is -3.18. The Balaban J connectivity index is 2.06. The van der Waals surface area contributed by atoms with Crippen LogP contribution in [0.3, 0.4) is 0 Å². The molecule has 1 N–H and O–H groups in total. The summed E-state index contributed by atoms with van der Waals surface area (Å²) >= 11 is 0. The molecular formula is C40H68N4O11. The highest BCUT2D eigenvalue weighted by Crippen LogP contribution is 2.12. The van der Waals surface area contributed by atoms with E-state index in [2.05, 4.69) is 4.90 Å². The van der Waals surface area contributed by atoms with Crippen molar-refractivity contribution < 1.29 is 52.7 Å². The molecule has 0 spiro atoms. The summed E-state index contributed by atoms with van der Waals surface area (Å²) in [4.78, 5) is 58.8. The van der Waals surface area contributed by atoms with Crippen molar-refractivity contribution in [3.8, 4) is 0 Å². The first-order valence-electron chi connectivity index (χ1n) is 19.2. The molecule has 314 valence electrons. The normalized spacial score (nSPS) is 17.1. The van der Waals surface area contributed by atoms with Gasteiger partial charge in [-0.15, -0.1) is 0 Å². The van der Waals surface area contributed by atoms with Gasteiger partial charge in [0.25, 0.3) is 0 Å². The Morgan fingerprint density at radius 1 is 0.582 bits per heavy atom. The van der Waals surface area contributed by atoms with Crippen LogP contribution in [0, 0.1) is 0 Å². The molecule has 0 aromatic heterocycles. The predicted octanol–water partition coefficient (Wildman–Crippen LogP) is 2.37. The summed E-state index contributed by atoms with van der Waals surface area (Å²) in [5.74, 6) is -1.54. The summed E-state index contributed by atoms with van der Waals surface area (Å²) in [6, 6.07) is 9.38. The fraction of sp³-hybridized carbons (Fsp3) is 0.750. The first-order valence-corrected chi connectivity index (χ1v) is 19.2. The van der Waals surface area contributed by atoms with Gasteiger partial charge in [0.05, 0.1) is 45.6 Å². The summed E-state index contributed by atoms with van der Waals surface area (Å²) in [6.07, 6.45) is -0.841. The molecular weight excluding hydrogens is 712 g/mol. The standard InChI is InChI=1S/C40H68N4O11/c1-38(2,3)53-34(46)26-42-17-15-41(25-33(45)30-50-23-24-51-31-37(49)52-29-32-13-11-10-12-14-32)16-18-43(27-35(47)54-39(4,5)6)20-22-44(21-19-42)28-36(48)55-40(7,8)9/h10-14,33,45H,15-31H2,1-9H3. The lowest BCUT2D eigenvalue weighted by molar-refractivity contribution is -0.158. The van der Waals surface area contributed by atoms with E-state index in [9.17, 15) is 24.3 Å². The molecule has 0 bridgehead atoms. The Labute approximate surface area is 328 Å². The first kappa shape index (κ1) is 48.0. The van der Waals surface area contributed by atoms with Crippen LogP contribution >= 0.6 is 0 Å². The van der Waals surface area contributed by atoms with Gasteiger partial charge < -0.3 is 33.5 Å². The average Bonchev–Trinajstić information content (AvgIpc) is 3.04. The molecule has 2 rings (SSSR count). The van der Waals surface area contributed by atoms with Crippen molar-refractivity contribution in [3.63, 3.8) is 0 Å². The lowest BCUT2D eigenvalue weighted by Gasteiger charge is -2.35. The van der Waals surface area contributed by atoms with Crippen molar-refractivity contribution in [1.82, 2.24) is 19.6 Å². The highest BCUT2D eigenvalue weighted by Gasteiger charge is 2.26. The molecule has 1 aromatic rings. The summed E-state index contributed by atoms with van der Waals surface area (Å²) in [5, 5.41) is 11.0. The number of aliphatic hydroxyl groups is 1. The second-order valence-electron chi connectivity index (χ2n) is 16.8. The minimum Gasteiger partial charge on any atom is -0.459 e. The van der Waals surface area contributed by atoms with Gasteiger partial charge in [0, 0.05) is 58.9 Å². The van der Waals surface area contributed by atoms with E-state index in [0.717, 1.165) is 5.56 Å². The van der Waals surface area contributed by atoms with Crippen LogP contribution in [0.15, 0.2) is 30.3 Å². The van der Waals surface area contributed by atoms with Gasteiger partial charge in [-0.2, -0.15) is 0 Å². The predicted molar refractivity (Wildman–Crippen MR) is 207 cm³/mol. The smallest absolute Gasteiger partial charge is 0.332 e. The molecule has 0 saturated carbocycles. The van der Waals surface area contributed by atoms with E-state index in [1.54, 1.807) is 0 Å². The molecule has 15 heteroatoms. The van der Waals surface area contributed by atoms with E-state index >= 15 is 0 Å². The third-order valence-electron chi connectivity index (χ3n) is 7.86. The number of carbonyl (C=O) groups excluding carboxylic acids is 4. The first-order chi connectivity index (χ1) is 25.7. The molecule has 1 atom stereocenters. The van der Waals surface area contributed by atoms with E-state index in [1.165, 1.54) is 0 Å². The Bertz CT molecular complexity index is 1250. The van der Waals surface area contributed by atoms with Crippen LogP contribution in [-0.4, -0.2) is 176 Å². The molecule has 1 heterocycles. The van der Waals surface area contributed by atoms with Crippen molar-refractivity contribution in [2.24, 2.45) is 0 Å². The molecule has 1 saturated heterocycles. The second-order valence-corrected chi connectivity index (χ2v) is 16.8. The zero-order valence-electron chi connectivity index (χ0n) is 34.8. The highest BCUT2D eigenvalue weighted by atomic mass is 16.6. The molecule has 1 fully saturated rings. The number of hydrogen-bond acceptors (Lipinski definition) is 15. The molecule has 1 aliphatic rings. The van der Waals surface area contributed by atoms with Crippen LogP contribution < -0.4 is 0 Å². The van der Waals surface area contributed by atoms with Crippen molar-refractivity contribution >= 4 is 23.9 Å². The quantitative estimate of drug-likeness (QED) is 0.140. The van der Waals surface area contributed by atoms with Gasteiger partial charge in [-0.05, 0) is 67.9 Å². The van der Waals surface area contributed by atoms with Gasteiger partial charge in [0.2, 0.25) is 0 Å². The Morgan fingerprint density at radius 3 is 1.36 bits per heavy atom. The lowest BCUT2D eigenvalue weighted by atomic mass is 10.2. The third kappa shape index (κ3) is 24.8. The van der Waals surface area contributed by atoms with E-state index in [4.69, 9.17) is 28.4 Å². The number of benzene rings is 1. The lowest BCUT2D eigenvalue weighted by Crippen LogP contribution is -2.50. The average molecular weight is 781 g/mol. The van der Waals surface area contributed by atoms with Gasteiger partial charge in [0.1, 0.15) is 30.0 Å². The summed E-state index contributed by atoms with van der Waals surface area (Å²) in [6.45, 7) is 21.0. The van der Waals surface area contributed by atoms with Crippen molar-refractivity contribution in [2.75, 3.05) is 105 Å². The summed E-state index contributed by atoms with van der Waals surface area (Å²) in [5.41, 5.74) is -1.03. The SMILES string of the molecule is CC(C)(C)OC(=O)CN1CCN(CC(=O)OC(C)(C)C)CCN(CC(O)COCCOCC(=O)OCc2ccccc2)CCN(CC(=O)OC(C)(C)C)CC1. The van der Waals surface area contributed by atoms with E-state index in [-0.39, 0.29) is 77.1 Å². The summed E-state index contributed by atoms with van der Waals surface area (Å²) < 4.78 is 33.1. The molecule has 15 nitrogen and oxygen atoms in total. The minimum atomic E-state index is -0.841. The molecule has 0 amide bonds. The fourth-order valence-electron chi connectivity index (χ4n) is 5.53. The number of rotatable bonds is 17. The van der Waals surface area contributed by atoms with E-state index in [0.29, 0.717) is 52.4 Å². The largest absolute Gasteiger partial charge is 0.459 e.